The number of carbonyl (C=O) groups excluding carboxylic acids is 2. The molecule has 124 valence electrons. The Morgan fingerprint density at radius 2 is 2.04 bits per heavy atom. The van der Waals surface area contributed by atoms with Crippen molar-refractivity contribution in [2.75, 3.05) is 18.7 Å². The summed E-state index contributed by atoms with van der Waals surface area (Å²) in [6.45, 7) is -0.248. The minimum atomic E-state index is -0.650. The summed E-state index contributed by atoms with van der Waals surface area (Å²) >= 11 is 3.15. The summed E-state index contributed by atoms with van der Waals surface area (Å²) in [7, 11) is 0. The maximum atomic E-state index is 11.8. The van der Waals surface area contributed by atoms with Crippen LogP contribution < -0.4 is 14.8 Å². The van der Waals surface area contributed by atoms with Crippen LogP contribution >= 0.6 is 15.9 Å². The van der Waals surface area contributed by atoms with Crippen molar-refractivity contribution in [3.8, 4) is 11.5 Å². The van der Waals surface area contributed by atoms with E-state index in [0.717, 1.165) is 0 Å². The summed E-state index contributed by atoms with van der Waals surface area (Å²) in [6, 6.07) is 8.37. The molecule has 24 heavy (non-hydrogen) atoms. The summed E-state index contributed by atoms with van der Waals surface area (Å²) < 4.78 is 21.0. The second-order valence-corrected chi connectivity index (χ2v) is 5.48. The Labute approximate surface area is 145 Å². The van der Waals surface area contributed by atoms with Gasteiger partial charge in [-0.15, -0.1) is 0 Å². The first kappa shape index (κ1) is 16.1. The van der Waals surface area contributed by atoms with Crippen LogP contribution in [0.15, 0.2) is 45.5 Å². The van der Waals surface area contributed by atoms with Gasteiger partial charge < -0.3 is 23.9 Å². The molecule has 0 fully saturated rings. The van der Waals surface area contributed by atoms with Crippen molar-refractivity contribution >= 4 is 39.6 Å². The molecular formula is C16H12BrNO6. The maximum Gasteiger partial charge on any atom is 0.331 e. The van der Waals surface area contributed by atoms with Crippen molar-refractivity contribution in [3.63, 3.8) is 0 Å². The molecule has 3 rings (SSSR count). The molecule has 0 spiro atoms. The van der Waals surface area contributed by atoms with Gasteiger partial charge in [-0.25, -0.2) is 4.79 Å². The van der Waals surface area contributed by atoms with Crippen LogP contribution in [0.2, 0.25) is 0 Å². The van der Waals surface area contributed by atoms with Gasteiger partial charge in [0.15, 0.2) is 22.8 Å². The summed E-state index contributed by atoms with van der Waals surface area (Å²) in [5.41, 5.74) is 0.524. The van der Waals surface area contributed by atoms with Crippen LogP contribution in [0.25, 0.3) is 6.08 Å². The van der Waals surface area contributed by atoms with E-state index < -0.39 is 18.5 Å². The lowest BCUT2D eigenvalue weighted by molar-refractivity contribution is -0.142. The van der Waals surface area contributed by atoms with Gasteiger partial charge in [0.1, 0.15) is 5.76 Å². The Balaban J connectivity index is 1.46. The minimum absolute atomic E-state index is 0.156. The Kier molecular flexibility index (Phi) is 4.85. The molecule has 1 amide bonds. The number of furan rings is 1. The van der Waals surface area contributed by atoms with E-state index in [2.05, 4.69) is 21.2 Å². The standard InChI is InChI=1S/C16H12BrNO6/c17-14-5-2-11(24-14)3-6-16(20)21-8-15(19)18-10-1-4-12-13(7-10)23-9-22-12/h1-7H,8-9H2,(H,18,19). The molecule has 2 heterocycles. The SMILES string of the molecule is O=C(COC(=O)C=Cc1ccc(Br)o1)Nc1ccc2c(c1)OCO2. The smallest absolute Gasteiger partial charge is 0.331 e. The summed E-state index contributed by atoms with van der Waals surface area (Å²) in [4.78, 5) is 23.3. The molecule has 1 N–H and O–H groups in total. The average Bonchev–Trinajstić information content (AvgIpc) is 3.19. The predicted molar refractivity (Wildman–Crippen MR) is 87.6 cm³/mol. The molecule has 0 aliphatic carbocycles. The predicted octanol–water partition coefficient (Wildman–Crippen LogP) is 2.97. The Morgan fingerprint density at radius 1 is 1.21 bits per heavy atom. The van der Waals surface area contributed by atoms with Crippen molar-refractivity contribution in [1.82, 2.24) is 0 Å². The summed E-state index contributed by atoms with van der Waals surface area (Å²) in [6.07, 6.45) is 2.63. The Morgan fingerprint density at radius 3 is 2.83 bits per heavy atom. The van der Waals surface area contributed by atoms with E-state index in [-0.39, 0.29) is 6.79 Å². The second-order valence-electron chi connectivity index (χ2n) is 4.70. The topological polar surface area (TPSA) is 87.0 Å². The number of nitrogens with one attached hydrogen (secondary N) is 1. The highest BCUT2D eigenvalue weighted by Crippen LogP contribution is 2.34. The van der Waals surface area contributed by atoms with Crippen LogP contribution in [0.3, 0.4) is 0 Å². The molecule has 7 nitrogen and oxygen atoms in total. The number of hydrogen-bond acceptors (Lipinski definition) is 6. The largest absolute Gasteiger partial charge is 0.454 e. The van der Waals surface area contributed by atoms with Crippen LogP contribution in [0.5, 0.6) is 11.5 Å². The zero-order valence-corrected chi connectivity index (χ0v) is 13.9. The Bertz CT molecular complexity index is 798. The fourth-order valence-electron chi connectivity index (χ4n) is 1.92. The average molecular weight is 394 g/mol. The van der Waals surface area contributed by atoms with Gasteiger partial charge in [0, 0.05) is 17.8 Å². The molecule has 0 radical (unpaired) electrons. The van der Waals surface area contributed by atoms with E-state index in [0.29, 0.717) is 27.6 Å². The first-order valence-electron chi connectivity index (χ1n) is 6.90. The van der Waals surface area contributed by atoms with Crippen molar-refractivity contribution in [3.05, 3.63) is 46.8 Å². The molecule has 1 aliphatic heterocycles. The summed E-state index contributed by atoms with van der Waals surface area (Å²) in [5.74, 6) is 0.551. The molecule has 2 aromatic rings. The van der Waals surface area contributed by atoms with Crippen LogP contribution in [0.1, 0.15) is 5.76 Å². The zero-order chi connectivity index (χ0) is 16.9. The normalized spacial score (nSPS) is 12.4. The van der Waals surface area contributed by atoms with Crippen molar-refractivity contribution in [2.24, 2.45) is 0 Å². The maximum absolute atomic E-state index is 11.8. The number of ether oxygens (including phenoxy) is 3. The monoisotopic (exact) mass is 393 g/mol. The highest BCUT2D eigenvalue weighted by atomic mass is 79.9. The number of halogens is 1. The molecule has 0 saturated carbocycles. The van der Waals surface area contributed by atoms with Gasteiger partial charge in [-0.2, -0.15) is 0 Å². The van der Waals surface area contributed by atoms with Gasteiger partial charge in [0.2, 0.25) is 6.79 Å². The van der Waals surface area contributed by atoms with E-state index in [9.17, 15) is 9.59 Å². The van der Waals surface area contributed by atoms with Gasteiger partial charge in [0.05, 0.1) is 0 Å². The van der Waals surface area contributed by atoms with Crippen LogP contribution in [0.4, 0.5) is 5.69 Å². The van der Waals surface area contributed by atoms with Crippen LogP contribution in [0, 0.1) is 0 Å². The molecule has 1 aliphatic rings. The van der Waals surface area contributed by atoms with E-state index in [1.165, 1.54) is 12.2 Å². The summed E-state index contributed by atoms with van der Waals surface area (Å²) in [5, 5.41) is 2.60. The Hall–Kier alpha value is -2.74. The fraction of sp³-hybridized carbons (Fsp3) is 0.125. The van der Waals surface area contributed by atoms with Gasteiger partial charge in [-0.1, -0.05) is 0 Å². The van der Waals surface area contributed by atoms with E-state index in [1.807, 2.05) is 0 Å². The van der Waals surface area contributed by atoms with Gasteiger partial charge in [0.25, 0.3) is 5.91 Å². The fourth-order valence-corrected chi connectivity index (χ4v) is 2.24. The number of esters is 1. The number of carbonyl (C=O) groups is 2. The lowest BCUT2D eigenvalue weighted by atomic mass is 10.3. The van der Waals surface area contributed by atoms with Crippen molar-refractivity contribution in [2.45, 2.75) is 0 Å². The molecular weight excluding hydrogens is 382 g/mol. The molecule has 8 heteroatoms. The molecule has 0 atom stereocenters. The third-order valence-electron chi connectivity index (χ3n) is 2.98. The second kappa shape index (κ2) is 7.22. The molecule has 1 aromatic heterocycles. The third-order valence-corrected chi connectivity index (χ3v) is 3.41. The minimum Gasteiger partial charge on any atom is -0.454 e. The van der Waals surface area contributed by atoms with Crippen molar-refractivity contribution < 1.29 is 28.2 Å². The van der Waals surface area contributed by atoms with Gasteiger partial charge in [-0.05, 0) is 46.3 Å². The highest BCUT2D eigenvalue weighted by molar-refractivity contribution is 9.10. The molecule has 1 aromatic carbocycles. The molecule has 0 unspecified atom stereocenters. The number of anilines is 1. The lowest BCUT2D eigenvalue weighted by Crippen LogP contribution is -2.20. The molecule has 0 saturated heterocycles. The first-order chi connectivity index (χ1) is 11.6. The van der Waals surface area contributed by atoms with E-state index >= 15 is 0 Å². The number of hydrogen-bond donors (Lipinski definition) is 1. The third kappa shape index (κ3) is 4.17. The number of amides is 1. The van der Waals surface area contributed by atoms with Crippen LogP contribution in [-0.2, 0) is 14.3 Å². The van der Waals surface area contributed by atoms with Crippen LogP contribution in [-0.4, -0.2) is 25.3 Å². The quantitative estimate of drug-likeness (QED) is 0.620. The number of benzene rings is 1. The van der Waals surface area contributed by atoms with E-state index in [4.69, 9.17) is 18.6 Å². The van der Waals surface area contributed by atoms with E-state index in [1.54, 1.807) is 30.3 Å². The highest BCUT2D eigenvalue weighted by Gasteiger charge is 2.14. The van der Waals surface area contributed by atoms with Crippen molar-refractivity contribution in [1.29, 1.82) is 0 Å². The van der Waals surface area contributed by atoms with Gasteiger partial charge in [-0.3, -0.25) is 4.79 Å². The first-order valence-corrected chi connectivity index (χ1v) is 7.69. The zero-order valence-electron chi connectivity index (χ0n) is 12.3. The lowest BCUT2D eigenvalue weighted by Gasteiger charge is -2.06. The van der Waals surface area contributed by atoms with Gasteiger partial charge >= 0.3 is 5.97 Å². The molecule has 0 bridgehead atoms. The number of rotatable bonds is 5. The number of fused-ring (bicyclic) bond motifs is 1.